The lowest BCUT2D eigenvalue weighted by Gasteiger charge is -2.10. The second kappa shape index (κ2) is 9.39. The topological polar surface area (TPSA) is 126 Å². The molecule has 0 saturated heterocycles. The Hall–Kier alpha value is -2.41. The van der Waals surface area contributed by atoms with E-state index < -0.39 is 10.0 Å². The number of anilines is 1. The van der Waals surface area contributed by atoms with Gasteiger partial charge in [-0.25, -0.2) is 18.5 Å². The number of aryl methyl sites for hydroxylation is 2. The number of hydrogen-bond donors (Lipinski definition) is 2. The summed E-state index contributed by atoms with van der Waals surface area (Å²) in [6, 6.07) is 9.84. The Morgan fingerprint density at radius 2 is 1.93 bits per heavy atom. The summed E-state index contributed by atoms with van der Waals surface area (Å²) in [4.78, 5) is 16.9. The van der Waals surface area contributed by atoms with E-state index >= 15 is 0 Å². The van der Waals surface area contributed by atoms with Crippen LogP contribution in [0.15, 0.2) is 40.3 Å². The number of nitrogens with one attached hydrogen (secondary N) is 1. The second-order valence-electron chi connectivity index (χ2n) is 6.84. The van der Waals surface area contributed by atoms with Crippen LogP contribution in [0.4, 0.5) is 5.69 Å². The molecule has 1 aromatic carbocycles. The molecule has 0 spiro atoms. The summed E-state index contributed by atoms with van der Waals surface area (Å²) < 4.78 is 22.5. The van der Waals surface area contributed by atoms with Gasteiger partial charge in [0.05, 0.1) is 10.5 Å². The summed E-state index contributed by atoms with van der Waals surface area (Å²) >= 11 is 1.41. The van der Waals surface area contributed by atoms with E-state index in [9.17, 15) is 18.5 Å². The zero-order valence-electron chi connectivity index (χ0n) is 15.8. The van der Waals surface area contributed by atoms with Gasteiger partial charge >= 0.3 is 0 Å². The number of nitriles is 1. The smallest absolute Gasteiger partial charge is 0.238 e. The Morgan fingerprint density at radius 3 is 2.62 bits per heavy atom. The number of hydrogen-bond acceptors (Lipinski definition) is 6. The first-order chi connectivity index (χ1) is 13.9. The van der Waals surface area contributed by atoms with Gasteiger partial charge in [0.15, 0.2) is 0 Å². The molecule has 152 valence electrons. The zero-order chi connectivity index (χ0) is 20.9. The molecule has 0 atom stereocenters. The van der Waals surface area contributed by atoms with Crippen molar-refractivity contribution in [3.63, 3.8) is 0 Å². The number of nitrogens with zero attached hydrogens (tertiary/aromatic N) is 2. The van der Waals surface area contributed by atoms with Gasteiger partial charge in [0.2, 0.25) is 15.9 Å². The fraction of sp³-hybridized carbons (Fsp3) is 0.350. The third-order valence-electron chi connectivity index (χ3n) is 4.67. The number of sulfonamides is 1. The highest BCUT2D eigenvalue weighted by Crippen LogP contribution is 2.27. The van der Waals surface area contributed by atoms with Crippen LogP contribution in [0.3, 0.4) is 0 Å². The molecule has 0 radical (unpaired) electrons. The third-order valence-corrected chi connectivity index (χ3v) is 6.59. The minimum Gasteiger partial charge on any atom is -0.326 e. The lowest BCUT2D eigenvalue weighted by atomic mass is 10.1. The number of nitrogens with two attached hydrogens (primary N) is 1. The number of thioether (sulfide) groups is 1. The van der Waals surface area contributed by atoms with Crippen molar-refractivity contribution in [2.75, 3.05) is 11.1 Å². The molecular formula is C20H22N4O3S2. The first-order valence-corrected chi connectivity index (χ1v) is 11.9. The Kier molecular flexibility index (Phi) is 6.90. The summed E-state index contributed by atoms with van der Waals surface area (Å²) in [5.41, 5.74) is 3.30. The van der Waals surface area contributed by atoms with E-state index in [0.717, 1.165) is 31.4 Å². The Morgan fingerprint density at radius 1 is 1.21 bits per heavy atom. The molecule has 7 nitrogen and oxygen atoms in total. The Bertz CT molecular complexity index is 1040. The largest absolute Gasteiger partial charge is 0.326 e. The van der Waals surface area contributed by atoms with Gasteiger partial charge in [-0.2, -0.15) is 5.26 Å². The maximum absolute atomic E-state index is 12.2. The Balaban J connectivity index is 1.57. The number of amides is 1. The third kappa shape index (κ3) is 5.79. The summed E-state index contributed by atoms with van der Waals surface area (Å²) in [6.45, 7) is 0. The summed E-state index contributed by atoms with van der Waals surface area (Å²) in [5.74, 6) is 0.288. The summed E-state index contributed by atoms with van der Waals surface area (Å²) in [5, 5.41) is 17.9. The average Bonchev–Trinajstić information content (AvgIpc) is 2.91. The first-order valence-electron chi connectivity index (χ1n) is 9.35. The zero-order valence-corrected chi connectivity index (χ0v) is 17.5. The van der Waals surface area contributed by atoms with Crippen LogP contribution in [0.2, 0.25) is 0 Å². The lowest BCUT2D eigenvalue weighted by Crippen LogP contribution is -2.14. The van der Waals surface area contributed by atoms with E-state index in [0.29, 0.717) is 22.0 Å². The number of carbonyl (C=O) groups is 1. The molecule has 0 aliphatic heterocycles. The van der Waals surface area contributed by atoms with E-state index in [1.807, 2.05) is 6.07 Å². The van der Waals surface area contributed by atoms with Crippen molar-refractivity contribution in [2.24, 2.45) is 5.14 Å². The fourth-order valence-corrected chi connectivity index (χ4v) is 4.60. The molecule has 1 aliphatic carbocycles. The maximum Gasteiger partial charge on any atom is 0.238 e. The van der Waals surface area contributed by atoms with E-state index in [4.69, 9.17) is 10.1 Å². The molecule has 1 amide bonds. The fourth-order valence-electron chi connectivity index (χ4n) is 3.17. The molecule has 1 aromatic heterocycles. The van der Waals surface area contributed by atoms with Gasteiger partial charge in [-0.05, 0) is 61.6 Å². The average molecular weight is 431 g/mol. The Labute approximate surface area is 174 Å². The highest BCUT2D eigenvalue weighted by Gasteiger charge is 2.15. The van der Waals surface area contributed by atoms with Gasteiger partial charge in [-0.15, -0.1) is 11.8 Å². The minimum absolute atomic E-state index is 0.00984. The van der Waals surface area contributed by atoms with E-state index in [1.54, 1.807) is 0 Å². The van der Waals surface area contributed by atoms with E-state index in [-0.39, 0.29) is 17.2 Å². The van der Waals surface area contributed by atoms with Crippen molar-refractivity contribution in [2.45, 2.75) is 48.4 Å². The van der Waals surface area contributed by atoms with Crippen LogP contribution in [0, 0.1) is 11.3 Å². The number of benzene rings is 1. The predicted molar refractivity (Wildman–Crippen MR) is 112 cm³/mol. The normalized spacial score (nSPS) is 13.8. The molecule has 0 unspecified atom stereocenters. The number of pyridine rings is 1. The number of rotatable bonds is 6. The molecule has 3 rings (SSSR count). The quantitative estimate of drug-likeness (QED) is 0.536. The van der Waals surface area contributed by atoms with Crippen LogP contribution < -0.4 is 10.5 Å². The van der Waals surface area contributed by atoms with E-state index in [2.05, 4.69) is 11.4 Å². The van der Waals surface area contributed by atoms with Gasteiger partial charge in [0, 0.05) is 23.6 Å². The van der Waals surface area contributed by atoms with Crippen molar-refractivity contribution in [3.8, 4) is 6.07 Å². The van der Waals surface area contributed by atoms with Crippen LogP contribution in [0.25, 0.3) is 0 Å². The SMILES string of the molecule is N#Cc1cc2c(nc1SCCC(=O)Nc1ccc(S(N)(=O)=O)cc1)CCCCC2. The van der Waals surface area contributed by atoms with Crippen molar-refractivity contribution in [1.29, 1.82) is 5.26 Å². The molecule has 3 N–H and O–H groups in total. The standard InChI is InChI=1S/C20H22N4O3S2/c21-13-15-12-14-4-2-1-3-5-18(14)24-20(15)28-11-10-19(25)23-16-6-8-17(9-7-16)29(22,26)27/h6-9,12H,1-5,10-11H2,(H,23,25)(H2,22,26,27). The minimum atomic E-state index is -3.76. The second-order valence-corrected chi connectivity index (χ2v) is 9.48. The van der Waals surface area contributed by atoms with E-state index in [1.165, 1.54) is 48.0 Å². The van der Waals surface area contributed by atoms with Crippen LogP contribution in [-0.2, 0) is 27.7 Å². The number of fused-ring (bicyclic) bond motifs is 1. The van der Waals surface area contributed by atoms with Crippen LogP contribution >= 0.6 is 11.8 Å². The molecular weight excluding hydrogens is 408 g/mol. The molecule has 1 heterocycles. The summed E-state index contributed by atoms with van der Waals surface area (Å²) in [7, 11) is -3.76. The maximum atomic E-state index is 12.2. The molecule has 0 fully saturated rings. The molecule has 2 aromatic rings. The van der Waals surface area contributed by atoms with Gasteiger partial charge in [0.1, 0.15) is 11.1 Å². The highest BCUT2D eigenvalue weighted by molar-refractivity contribution is 7.99. The molecule has 1 aliphatic rings. The van der Waals surface area contributed by atoms with Crippen LogP contribution in [0.5, 0.6) is 0 Å². The van der Waals surface area contributed by atoms with Gasteiger partial charge < -0.3 is 5.32 Å². The highest BCUT2D eigenvalue weighted by atomic mass is 32.2. The van der Waals surface area contributed by atoms with Crippen LogP contribution in [-0.4, -0.2) is 25.1 Å². The molecule has 29 heavy (non-hydrogen) atoms. The summed E-state index contributed by atoms with van der Waals surface area (Å²) in [6.07, 6.45) is 5.57. The monoisotopic (exact) mass is 430 g/mol. The molecule has 9 heteroatoms. The number of primary sulfonamides is 1. The number of aromatic nitrogens is 1. The van der Waals surface area contributed by atoms with Crippen molar-refractivity contribution in [1.82, 2.24) is 4.98 Å². The van der Waals surface area contributed by atoms with Gasteiger partial charge in [-0.3, -0.25) is 4.79 Å². The first kappa shape index (κ1) is 21.3. The van der Waals surface area contributed by atoms with Crippen molar-refractivity contribution < 1.29 is 13.2 Å². The van der Waals surface area contributed by atoms with Gasteiger partial charge in [0.25, 0.3) is 0 Å². The lowest BCUT2D eigenvalue weighted by molar-refractivity contribution is -0.115. The van der Waals surface area contributed by atoms with Gasteiger partial charge in [-0.1, -0.05) is 6.42 Å². The van der Waals surface area contributed by atoms with Crippen molar-refractivity contribution in [3.05, 3.63) is 47.2 Å². The van der Waals surface area contributed by atoms with Crippen molar-refractivity contribution >= 4 is 33.4 Å². The molecule has 0 bridgehead atoms. The predicted octanol–water partition coefficient (Wildman–Crippen LogP) is 2.99. The molecule has 0 saturated carbocycles. The number of carbonyl (C=O) groups excluding carboxylic acids is 1. The van der Waals surface area contributed by atoms with Crippen LogP contribution in [0.1, 0.15) is 42.5 Å².